The van der Waals surface area contributed by atoms with E-state index in [1.54, 1.807) is 6.07 Å². The zero-order valence-corrected chi connectivity index (χ0v) is 23.3. The lowest BCUT2D eigenvalue weighted by atomic mass is 9.95. The van der Waals surface area contributed by atoms with Crippen LogP contribution >= 0.6 is 0 Å². The van der Waals surface area contributed by atoms with Gasteiger partial charge in [0.2, 0.25) is 0 Å². The van der Waals surface area contributed by atoms with Crippen molar-refractivity contribution in [3.05, 3.63) is 53.0 Å². The minimum absolute atomic E-state index is 0.0327. The lowest BCUT2D eigenvalue weighted by Gasteiger charge is -2.29. The van der Waals surface area contributed by atoms with Crippen molar-refractivity contribution in [1.29, 1.82) is 0 Å². The summed E-state index contributed by atoms with van der Waals surface area (Å²) in [7, 11) is 3.53. The van der Waals surface area contributed by atoms with Gasteiger partial charge in [0.25, 0.3) is 0 Å². The number of aryl methyl sites for hydroxylation is 1. The van der Waals surface area contributed by atoms with Gasteiger partial charge in [0.1, 0.15) is 11.9 Å². The summed E-state index contributed by atoms with van der Waals surface area (Å²) in [6, 6.07) is 7.26. The maximum absolute atomic E-state index is 14.8. The molecule has 2 N–H and O–H groups in total. The summed E-state index contributed by atoms with van der Waals surface area (Å²) >= 11 is 0. The zero-order chi connectivity index (χ0) is 27.2. The number of ether oxygens (including phenoxy) is 1. The first-order valence-electron chi connectivity index (χ1n) is 14.0. The summed E-state index contributed by atoms with van der Waals surface area (Å²) in [5, 5.41) is 13.8. The van der Waals surface area contributed by atoms with Gasteiger partial charge in [-0.25, -0.2) is 9.37 Å². The monoisotopic (exact) mass is 526 g/mol. The van der Waals surface area contributed by atoms with Gasteiger partial charge in [-0.2, -0.15) is 0 Å². The van der Waals surface area contributed by atoms with Crippen molar-refractivity contribution in [3.8, 4) is 5.75 Å². The Morgan fingerprint density at radius 1 is 1.29 bits per heavy atom. The van der Waals surface area contributed by atoms with Gasteiger partial charge < -0.3 is 20.1 Å². The number of nitrogens with one attached hydrogen (secondary N) is 1. The predicted octanol–water partition coefficient (Wildman–Crippen LogP) is 5.47. The number of benzene rings is 1. The van der Waals surface area contributed by atoms with Crippen molar-refractivity contribution in [2.75, 3.05) is 39.1 Å². The van der Waals surface area contributed by atoms with Crippen molar-refractivity contribution in [2.24, 2.45) is 0 Å². The number of pyridine rings is 1. The van der Waals surface area contributed by atoms with E-state index in [0.29, 0.717) is 24.7 Å². The number of anilines is 1. The van der Waals surface area contributed by atoms with Crippen LogP contribution in [0.15, 0.2) is 30.5 Å². The van der Waals surface area contributed by atoms with E-state index in [0.717, 1.165) is 50.0 Å². The maximum Gasteiger partial charge on any atom is 0.325 e. The fourth-order valence-electron chi connectivity index (χ4n) is 5.93. The number of halogens is 1. The fourth-order valence-corrected chi connectivity index (χ4v) is 5.93. The topological polar surface area (TPSA) is 77.9 Å². The van der Waals surface area contributed by atoms with Crippen LogP contribution < -0.4 is 10.1 Å². The molecule has 1 aromatic heterocycles. The van der Waals surface area contributed by atoms with Gasteiger partial charge in [-0.1, -0.05) is 32.8 Å². The van der Waals surface area contributed by atoms with Crippen LogP contribution in [-0.2, 0) is 11.2 Å². The van der Waals surface area contributed by atoms with E-state index < -0.39 is 17.8 Å². The van der Waals surface area contributed by atoms with Gasteiger partial charge in [0, 0.05) is 36.9 Å². The van der Waals surface area contributed by atoms with Crippen LogP contribution in [0.4, 0.5) is 10.2 Å². The lowest BCUT2D eigenvalue weighted by Crippen LogP contribution is -2.38. The molecule has 0 radical (unpaired) electrons. The van der Waals surface area contributed by atoms with Crippen LogP contribution in [0.5, 0.6) is 5.75 Å². The van der Waals surface area contributed by atoms with Gasteiger partial charge in [-0.3, -0.25) is 9.69 Å². The van der Waals surface area contributed by atoms with Gasteiger partial charge in [0.15, 0.2) is 11.6 Å². The number of hydrogen-bond acceptors (Lipinski definition) is 6. The van der Waals surface area contributed by atoms with Crippen LogP contribution in [0.25, 0.3) is 0 Å². The molecular formula is C30H43FN4O3. The minimum atomic E-state index is -0.971. The van der Waals surface area contributed by atoms with Gasteiger partial charge in [0.05, 0.1) is 7.11 Å². The first kappa shape index (κ1) is 28.3. The third kappa shape index (κ3) is 6.64. The number of aromatic nitrogens is 1. The van der Waals surface area contributed by atoms with Gasteiger partial charge >= 0.3 is 5.97 Å². The number of likely N-dealkylation sites (N-methyl/N-ethyl adjacent to an activating group) is 1. The molecule has 0 spiro atoms. The summed E-state index contributed by atoms with van der Waals surface area (Å²) in [5.74, 6) is -0.309. The molecule has 1 fully saturated rings. The average molecular weight is 527 g/mol. The molecule has 38 heavy (non-hydrogen) atoms. The van der Waals surface area contributed by atoms with Crippen LogP contribution in [0.1, 0.15) is 81.0 Å². The van der Waals surface area contributed by atoms with E-state index in [2.05, 4.69) is 28.3 Å². The van der Waals surface area contributed by atoms with Crippen molar-refractivity contribution >= 4 is 11.8 Å². The smallest absolute Gasteiger partial charge is 0.325 e. The Morgan fingerprint density at radius 2 is 2.11 bits per heavy atom. The molecule has 0 bridgehead atoms. The molecule has 8 heteroatoms. The molecule has 2 aliphatic heterocycles. The van der Waals surface area contributed by atoms with Crippen molar-refractivity contribution in [1.82, 2.24) is 14.8 Å². The molecular weight excluding hydrogens is 483 g/mol. The molecule has 2 aliphatic rings. The molecule has 1 aromatic carbocycles. The molecule has 3 atom stereocenters. The minimum Gasteiger partial charge on any atom is -0.493 e. The average Bonchev–Trinajstić information content (AvgIpc) is 3.37. The fraction of sp³-hybridized carbons (Fsp3) is 0.600. The van der Waals surface area contributed by atoms with Gasteiger partial charge in [-0.15, -0.1) is 0 Å². The van der Waals surface area contributed by atoms with Crippen LogP contribution in [0.2, 0.25) is 0 Å². The Kier molecular flexibility index (Phi) is 9.60. The Morgan fingerprint density at radius 3 is 2.84 bits per heavy atom. The largest absolute Gasteiger partial charge is 0.493 e. The summed E-state index contributed by atoms with van der Waals surface area (Å²) in [6.07, 6.45) is 9.64. The highest BCUT2D eigenvalue weighted by molar-refractivity contribution is 5.77. The van der Waals surface area contributed by atoms with E-state index in [4.69, 9.17) is 4.74 Å². The molecule has 1 unspecified atom stereocenters. The molecule has 208 valence electrons. The summed E-state index contributed by atoms with van der Waals surface area (Å²) in [6.45, 7) is 6.24. The third-order valence-electron chi connectivity index (χ3n) is 8.23. The van der Waals surface area contributed by atoms with Crippen LogP contribution in [0, 0.1) is 5.82 Å². The molecule has 1 saturated heterocycles. The molecule has 0 amide bonds. The Balaban J connectivity index is 1.27. The SMILES string of the molecule is COc1c(F)cc(C(C)C)cc1C(C(=O)O)N1CC[C@@H](N(C)CCCCC[C@H]2CCc3cccnc3N2)C1. The third-order valence-corrected chi connectivity index (χ3v) is 8.23. The second-order valence-electron chi connectivity index (χ2n) is 11.2. The maximum atomic E-state index is 14.8. The molecule has 7 nitrogen and oxygen atoms in total. The Bertz CT molecular complexity index is 1100. The molecule has 2 aromatic rings. The Labute approximate surface area is 226 Å². The van der Waals surface area contributed by atoms with E-state index in [-0.39, 0.29) is 17.7 Å². The molecule has 0 aliphatic carbocycles. The van der Waals surface area contributed by atoms with Crippen molar-refractivity contribution in [2.45, 2.75) is 82.8 Å². The van der Waals surface area contributed by atoms with E-state index in [9.17, 15) is 14.3 Å². The van der Waals surface area contributed by atoms with Crippen molar-refractivity contribution in [3.63, 3.8) is 0 Å². The number of fused-ring (bicyclic) bond motifs is 1. The Hall–Kier alpha value is -2.71. The number of nitrogens with zero attached hydrogens (tertiary/aromatic N) is 3. The zero-order valence-electron chi connectivity index (χ0n) is 23.3. The van der Waals surface area contributed by atoms with E-state index >= 15 is 0 Å². The predicted molar refractivity (Wildman–Crippen MR) is 148 cm³/mol. The molecule has 0 saturated carbocycles. The summed E-state index contributed by atoms with van der Waals surface area (Å²) < 4.78 is 20.2. The van der Waals surface area contributed by atoms with Crippen LogP contribution in [-0.4, -0.2) is 71.7 Å². The standard InChI is InChI=1S/C30H43FN4O3/c1-20(2)22-17-25(28(38-4)26(31)18-22)27(30(36)37)35-16-13-24(19-35)34(3)15-7-5-6-10-23-12-11-21-9-8-14-32-29(21)33-23/h8-9,14,17-18,20,23-24,27H,5-7,10-13,15-16,19H2,1-4H3,(H,32,33)(H,36,37)/t23-,24+,27?/m0/s1. The number of aliphatic carboxylic acids is 1. The quantitative estimate of drug-likeness (QED) is 0.355. The number of unbranched alkanes of at least 4 members (excludes halogenated alkanes) is 2. The number of carboxylic acids is 1. The second kappa shape index (κ2) is 12.9. The highest BCUT2D eigenvalue weighted by atomic mass is 19.1. The summed E-state index contributed by atoms with van der Waals surface area (Å²) in [5.41, 5.74) is 2.50. The number of carboxylic acid groups (broad SMARTS) is 1. The first-order valence-corrected chi connectivity index (χ1v) is 14.0. The normalized spacial score (nSPS) is 20.4. The first-order chi connectivity index (χ1) is 18.3. The number of likely N-dealkylation sites (tertiary alicyclic amines) is 1. The molecule has 4 rings (SSSR count). The number of hydrogen-bond donors (Lipinski definition) is 2. The summed E-state index contributed by atoms with van der Waals surface area (Å²) in [4.78, 5) is 21.2. The molecule has 3 heterocycles. The second-order valence-corrected chi connectivity index (χ2v) is 11.2. The lowest BCUT2D eigenvalue weighted by molar-refractivity contribution is -0.143. The van der Waals surface area contributed by atoms with Crippen LogP contribution in [0.3, 0.4) is 0 Å². The number of methoxy groups -OCH3 is 1. The highest BCUT2D eigenvalue weighted by Gasteiger charge is 2.37. The van der Waals surface area contributed by atoms with E-state index in [1.807, 2.05) is 31.0 Å². The van der Waals surface area contributed by atoms with E-state index in [1.165, 1.54) is 31.6 Å². The van der Waals surface area contributed by atoms with Gasteiger partial charge in [-0.05, 0) is 80.9 Å². The number of rotatable bonds is 12. The highest BCUT2D eigenvalue weighted by Crippen LogP contribution is 2.37. The van der Waals surface area contributed by atoms with Crippen molar-refractivity contribution < 1.29 is 19.0 Å². The number of carbonyl (C=O) groups is 1.